The van der Waals surface area contributed by atoms with E-state index in [0.717, 1.165) is 39.0 Å². The fourth-order valence-corrected chi connectivity index (χ4v) is 6.63. The highest BCUT2D eigenvalue weighted by atomic mass is 32.2. The van der Waals surface area contributed by atoms with Crippen molar-refractivity contribution in [1.29, 1.82) is 0 Å². The Morgan fingerprint density at radius 2 is 1.88 bits per heavy atom. The second kappa shape index (κ2) is 7.31. The molecule has 0 aromatic heterocycles. The first-order valence-corrected chi connectivity index (χ1v) is 11.6. The van der Waals surface area contributed by atoms with Crippen molar-refractivity contribution in [3.8, 4) is 0 Å². The molecule has 1 aromatic rings. The summed E-state index contributed by atoms with van der Waals surface area (Å²) in [5.41, 5.74) is 1.31. The number of sulfone groups is 1. The molecule has 0 N–H and O–H groups in total. The van der Waals surface area contributed by atoms with Crippen molar-refractivity contribution >= 4 is 15.7 Å². The highest BCUT2D eigenvalue weighted by Gasteiger charge is 2.43. The third-order valence-corrected chi connectivity index (χ3v) is 7.99. The minimum atomic E-state index is -3.02. The van der Waals surface area contributed by atoms with Crippen molar-refractivity contribution in [2.24, 2.45) is 11.8 Å². The molecule has 3 atom stereocenters. The molecule has 3 aliphatic heterocycles. The Morgan fingerprint density at radius 1 is 1.08 bits per heavy atom. The van der Waals surface area contributed by atoms with Gasteiger partial charge in [0.25, 0.3) is 0 Å². The number of likely N-dealkylation sites (tertiary alicyclic amines) is 2. The maximum atomic E-state index is 13.1. The van der Waals surface area contributed by atoms with Gasteiger partial charge in [0.2, 0.25) is 5.91 Å². The van der Waals surface area contributed by atoms with Crippen LogP contribution in [0.5, 0.6) is 0 Å². The first-order valence-electron chi connectivity index (χ1n) is 9.79. The van der Waals surface area contributed by atoms with Gasteiger partial charge < -0.3 is 4.90 Å². The summed E-state index contributed by atoms with van der Waals surface area (Å²) in [5.74, 6) is 0.508. The maximum Gasteiger partial charge on any atom is 0.227 e. The Labute approximate surface area is 156 Å². The van der Waals surface area contributed by atoms with Crippen LogP contribution in [0.2, 0.25) is 0 Å². The minimum Gasteiger partial charge on any atom is -0.338 e. The molecular weight excluding hydrogens is 348 g/mol. The number of hydrogen-bond acceptors (Lipinski definition) is 4. The van der Waals surface area contributed by atoms with E-state index in [1.165, 1.54) is 12.0 Å². The van der Waals surface area contributed by atoms with E-state index in [1.54, 1.807) is 0 Å². The van der Waals surface area contributed by atoms with Gasteiger partial charge in [-0.1, -0.05) is 36.8 Å². The van der Waals surface area contributed by atoms with Gasteiger partial charge in [0.05, 0.1) is 17.4 Å². The van der Waals surface area contributed by atoms with Crippen molar-refractivity contribution in [2.45, 2.75) is 38.3 Å². The van der Waals surface area contributed by atoms with Crippen LogP contribution < -0.4 is 0 Å². The van der Waals surface area contributed by atoms with E-state index in [9.17, 15) is 13.2 Å². The third-order valence-electron chi connectivity index (χ3n) is 6.22. The molecule has 0 aliphatic carbocycles. The highest BCUT2D eigenvalue weighted by molar-refractivity contribution is 7.91. The molecule has 0 radical (unpaired) electrons. The minimum absolute atomic E-state index is 0.0491. The molecule has 3 heterocycles. The average molecular weight is 377 g/mol. The zero-order valence-corrected chi connectivity index (χ0v) is 16.0. The number of rotatable bonds is 3. The van der Waals surface area contributed by atoms with Crippen LogP contribution in [0, 0.1) is 11.8 Å². The number of carbonyl (C=O) groups excluding carboxylic acids is 1. The predicted molar refractivity (Wildman–Crippen MR) is 101 cm³/mol. The number of amides is 1. The smallest absolute Gasteiger partial charge is 0.227 e. The van der Waals surface area contributed by atoms with E-state index in [0.29, 0.717) is 12.3 Å². The highest BCUT2D eigenvalue weighted by Crippen LogP contribution is 2.33. The van der Waals surface area contributed by atoms with Gasteiger partial charge in [-0.3, -0.25) is 9.69 Å². The Hall–Kier alpha value is -1.40. The van der Waals surface area contributed by atoms with Crippen molar-refractivity contribution in [3.05, 3.63) is 35.9 Å². The van der Waals surface area contributed by atoms with Crippen LogP contribution in [0.3, 0.4) is 0 Å². The Kier molecular flexibility index (Phi) is 5.06. The molecule has 3 fully saturated rings. The molecule has 0 bridgehead atoms. The SMILES string of the molecule is O=C([C@@H]1CCS(=O)(=O)C1)N1CCCC[C@H]2CN(Cc3ccccc3)C[C@H]21. The van der Waals surface area contributed by atoms with Crippen LogP contribution in [0.1, 0.15) is 31.2 Å². The van der Waals surface area contributed by atoms with E-state index in [4.69, 9.17) is 0 Å². The lowest BCUT2D eigenvalue weighted by Crippen LogP contribution is -2.47. The topological polar surface area (TPSA) is 57.7 Å². The lowest BCUT2D eigenvalue weighted by Gasteiger charge is -2.32. The molecule has 26 heavy (non-hydrogen) atoms. The lowest BCUT2D eigenvalue weighted by atomic mass is 9.97. The van der Waals surface area contributed by atoms with Crippen molar-refractivity contribution < 1.29 is 13.2 Å². The molecule has 0 unspecified atom stereocenters. The largest absolute Gasteiger partial charge is 0.338 e. The quantitative estimate of drug-likeness (QED) is 0.809. The average Bonchev–Trinajstić information content (AvgIpc) is 3.12. The molecule has 1 aromatic carbocycles. The zero-order valence-electron chi connectivity index (χ0n) is 15.2. The van der Waals surface area contributed by atoms with Crippen molar-refractivity contribution in [3.63, 3.8) is 0 Å². The predicted octanol–water partition coefficient (Wildman–Crippen LogP) is 1.93. The molecule has 6 heteroatoms. The normalized spacial score (nSPS) is 31.5. The molecular formula is C20H28N2O3S. The number of nitrogens with zero attached hydrogens (tertiary/aromatic N) is 2. The van der Waals surface area contributed by atoms with Gasteiger partial charge in [-0.2, -0.15) is 0 Å². The Morgan fingerprint density at radius 3 is 2.62 bits per heavy atom. The van der Waals surface area contributed by atoms with Crippen molar-refractivity contribution in [2.75, 3.05) is 31.1 Å². The molecule has 3 aliphatic rings. The van der Waals surface area contributed by atoms with Crippen LogP contribution in [-0.2, 0) is 21.2 Å². The van der Waals surface area contributed by atoms with Crippen LogP contribution in [0.25, 0.3) is 0 Å². The fraction of sp³-hybridized carbons (Fsp3) is 0.650. The fourth-order valence-electron chi connectivity index (χ4n) is 4.90. The summed E-state index contributed by atoms with van der Waals surface area (Å²) in [6.07, 6.45) is 3.87. The molecule has 5 nitrogen and oxygen atoms in total. The monoisotopic (exact) mass is 376 g/mol. The summed E-state index contributed by atoms with van der Waals surface area (Å²) in [5, 5.41) is 0. The molecule has 4 rings (SSSR count). The zero-order chi connectivity index (χ0) is 18.1. The van der Waals surface area contributed by atoms with Crippen LogP contribution in [-0.4, -0.2) is 61.3 Å². The lowest BCUT2D eigenvalue weighted by molar-refractivity contribution is -0.137. The summed E-state index contributed by atoms with van der Waals surface area (Å²) in [7, 11) is -3.02. The Balaban J connectivity index is 1.46. The van der Waals surface area contributed by atoms with Crippen molar-refractivity contribution in [1.82, 2.24) is 9.80 Å². The Bertz CT molecular complexity index is 750. The molecule has 0 saturated carbocycles. The first-order chi connectivity index (χ1) is 12.5. The van der Waals surface area contributed by atoms with Gasteiger partial charge in [-0.15, -0.1) is 0 Å². The molecule has 3 saturated heterocycles. The summed E-state index contributed by atoms with van der Waals surface area (Å²) in [4.78, 5) is 17.6. The van der Waals surface area contributed by atoms with E-state index >= 15 is 0 Å². The van der Waals surface area contributed by atoms with Crippen LogP contribution in [0.4, 0.5) is 0 Å². The van der Waals surface area contributed by atoms with Gasteiger partial charge in [-0.05, 0) is 30.7 Å². The number of benzene rings is 1. The maximum absolute atomic E-state index is 13.1. The van der Waals surface area contributed by atoms with Gasteiger partial charge in [0.1, 0.15) is 0 Å². The second-order valence-corrected chi connectivity index (χ2v) is 10.4. The third kappa shape index (κ3) is 3.81. The van der Waals surface area contributed by atoms with E-state index in [-0.39, 0.29) is 29.4 Å². The molecule has 142 valence electrons. The van der Waals surface area contributed by atoms with Gasteiger partial charge >= 0.3 is 0 Å². The summed E-state index contributed by atoms with van der Waals surface area (Å²) in [6.45, 7) is 3.65. The van der Waals surface area contributed by atoms with Crippen LogP contribution >= 0.6 is 0 Å². The van der Waals surface area contributed by atoms with E-state index < -0.39 is 9.84 Å². The number of fused-ring (bicyclic) bond motifs is 1. The van der Waals surface area contributed by atoms with E-state index in [1.807, 2.05) is 11.0 Å². The number of carbonyl (C=O) groups is 1. The molecule has 0 spiro atoms. The summed E-state index contributed by atoms with van der Waals surface area (Å²) >= 11 is 0. The molecule has 1 amide bonds. The number of hydrogen-bond donors (Lipinski definition) is 0. The van der Waals surface area contributed by atoms with E-state index in [2.05, 4.69) is 29.2 Å². The van der Waals surface area contributed by atoms with Gasteiger partial charge in [0.15, 0.2) is 9.84 Å². The summed E-state index contributed by atoms with van der Waals surface area (Å²) < 4.78 is 23.6. The second-order valence-electron chi connectivity index (χ2n) is 8.13. The van der Waals surface area contributed by atoms with Gasteiger partial charge in [-0.25, -0.2) is 8.42 Å². The van der Waals surface area contributed by atoms with Gasteiger partial charge in [0, 0.05) is 32.2 Å². The first kappa shape index (κ1) is 18.0. The van der Waals surface area contributed by atoms with Crippen LogP contribution in [0.15, 0.2) is 30.3 Å². The standard InChI is InChI=1S/C20H28N2O3S/c23-20(18-9-11-26(24,25)15-18)22-10-5-4-8-17-13-21(14-19(17)22)12-16-6-2-1-3-7-16/h1-3,6-7,17-19H,4-5,8-15H2/t17-,18+,19+/m0/s1. The summed E-state index contributed by atoms with van der Waals surface area (Å²) in [6, 6.07) is 10.7.